The molecule has 0 aliphatic carbocycles. The Kier molecular flexibility index (Phi) is 5.14. The lowest BCUT2D eigenvalue weighted by Gasteiger charge is -2.12. The highest BCUT2D eigenvalue weighted by Gasteiger charge is 2.13. The number of ether oxygens (including phenoxy) is 2. The molecule has 0 unspecified atom stereocenters. The molecule has 0 amide bonds. The Balaban J connectivity index is 2.52. The molecule has 0 aliphatic rings. The Morgan fingerprint density at radius 2 is 2.00 bits per heavy atom. The smallest absolute Gasteiger partial charge is 0.161 e. The second-order valence-electron chi connectivity index (χ2n) is 4.52. The number of methoxy groups -OCH3 is 2. The highest BCUT2D eigenvalue weighted by molar-refractivity contribution is 9.10. The summed E-state index contributed by atoms with van der Waals surface area (Å²) in [5, 5.41) is 3.06. The molecule has 2 rings (SSSR count). The standard InChI is InChI=1S/C15H18BrN3O2/c1-9-7-10(5-6-12(9)21-4)14-18-11(8-20-3)13(16)15(17-2)19-14/h5-7H,8H2,1-4H3,(H,17,18,19). The van der Waals surface area contributed by atoms with Gasteiger partial charge in [0.1, 0.15) is 11.6 Å². The molecule has 112 valence electrons. The fraction of sp³-hybridized carbons (Fsp3) is 0.333. The van der Waals surface area contributed by atoms with Crippen LogP contribution in [0.25, 0.3) is 11.4 Å². The van der Waals surface area contributed by atoms with Gasteiger partial charge in [-0.3, -0.25) is 0 Å². The van der Waals surface area contributed by atoms with Gasteiger partial charge < -0.3 is 14.8 Å². The first-order chi connectivity index (χ1) is 10.1. The zero-order valence-corrected chi connectivity index (χ0v) is 14.1. The molecule has 0 saturated heterocycles. The van der Waals surface area contributed by atoms with Crippen molar-refractivity contribution in [2.45, 2.75) is 13.5 Å². The van der Waals surface area contributed by atoms with Crippen molar-refractivity contribution in [3.63, 3.8) is 0 Å². The minimum atomic E-state index is 0.417. The Labute approximate surface area is 132 Å². The molecule has 0 bridgehead atoms. The summed E-state index contributed by atoms with van der Waals surface area (Å²) < 4.78 is 11.3. The minimum absolute atomic E-state index is 0.417. The van der Waals surface area contributed by atoms with Crippen molar-refractivity contribution in [1.82, 2.24) is 9.97 Å². The number of benzene rings is 1. The van der Waals surface area contributed by atoms with Crippen LogP contribution in [-0.2, 0) is 11.3 Å². The first-order valence-electron chi connectivity index (χ1n) is 6.48. The van der Waals surface area contributed by atoms with Crippen molar-refractivity contribution in [3.8, 4) is 17.1 Å². The lowest BCUT2D eigenvalue weighted by Crippen LogP contribution is -2.04. The molecule has 0 saturated carbocycles. The van der Waals surface area contributed by atoms with E-state index in [0.29, 0.717) is 12.4 Å². The van der Waals surface area contributed by atoms with Gasteiger partial charge in [-0.15, -0.1) is 0 Å². The third kappa shape index (κ3) is 3.33. The Morgan fingerprint density at radius 1 is 1.24 bits per heavy atom. The third-order valence-electron chi connectivity index (χ3n) is 3.09. The van der Waals surface area contributed by atoms with Crippen LogP contribution in [0.3, 0.4) is 0 Å². The van der Waals surface area contributed by atoms with Crippen LogP contribution >= 0.6 is 15.9 Å². The predicted molar refractivity (Wildman–Crippen MR) is 86.7 cm³/mol. The van der Waals surface area contributed by atoms with Gasteiger partial charge in [0.2, 0.25) is 0 Å². The Hall–Kier alpha value is -1.66. The molecule has 1 aromatic heterocycles. The average molecular weight is 352 g/mol. The van der Waals surface area contributed by atoms with Gasteiger partial charge in [-0.1, -0.05) is 0 Å². The molecule has 0 spiro atoms. The summed E-state index contributed by atoms with van der Waals surface area (Å²) >= 11 is 3.50. The second-order valence-corrected chi connectivity index (χ2v) is 5.32. The summed E-state index contributed by atoms with van der Waals surface area (Å²) in [5.74, 6) is 2.24. The van der Waals surface area contributed by atoms with Crippen molar-refractivity contribution in [3.05, 3.63) is 33.9 Å². The molecule has 6 heteroatoms. The van der Waals surface area contributed by atoms with Crippen LogP contribution in [0, 0.1) is 6.92 Å². The van der Waals surface area contributed by atoms with Crippen LogP contribution in [0.4, 0.5) is 5.82 Å². The molecule has 1 N–H and O–H groups in total. The number of aryl methyl sites for hydroxylation is 1. The molecule has 0 radical (unpaired) electrons. The van der Waals surface area contributed by atoms with Crippen LogP contribution in [-0.4, -0.2) is 31.2 Å². The summed E-state index contributed by atoms with van der Waals surface area (Å²) in [7, 11) is 5.13. The van der Waals surface area contributed by atoms with Gasteiger partial charge >= 0.3 is 0 Å². The molecule has 1 heterocycles. The fourth-order valence-corrected chi connectivity index (χ4v) is 2.53. The molecule has 1 aromatic carbocycles. The molecule has 2 aromatic rings. The van der Waals surface area contributed by atoms with E-state index in [1.807, 2.05) is 32.2 Å². The van der Waals surface area contributed by atoms with E-state index in [4.69, 9.17) is 9.47 Å². The summed E-state index contributed by atoms with van der Waals surface area (Å²) in [6.07, 6.45) is 0. The topological polar surface area (TPSA) is 56.3 Å². The van der Waals surface area contributed by atoms with Crippen LogP contribution in [0.15, 0.2) is 22.7 Å². The fourth-order valence-electron chi connectivity index (χ4n) is 2.04. The van der Waals surface area contributed by atoms with Crippen LogP contribution in [0.5, 0.6) is 5.75 Å². The van der Waals surface area contributed by atoms with E-state index in [-0.39, 0.29) is 0 Å². The maximum Gasteiger partial charge on any atom is 0.161 e. The van der Waals surface area contributed by atoms with Gasteiger partial charge in [0.15, 0.2) is 5.82 Å². The monoisotopic (exact) mass is 351 g/mol. The molecule has 5 nitrogen and oxygen atoms in total. The summed E-state index contributed by atoms with van der Waals surface area (Å²) in [6, 6.07) is 5.88. The minimum Gasteiger partial charge on any atom is -0.496 e. The summed E-state index contributed by atoms with van der Waals surface area (Å²) in [5.41, 5.74) is 2.79. The number of rotatable bonds is 5. The SMILES string of the molecule is CNc1nc(-c2ccc(OC)c(C)c2)nc(COC)c1Br. The molecule has 21 heavy (non-hydrogen) atoms. The van der Waals surface area contributed by atoms with Gasteiger partial charge in [0, 0.05) is 19.7 Å². The normalized spacial score (nSPS) is 10.5. The van der Waals surface area contributed by atoms with E-state index < -0.39 is 0 Å². The lowest BCUT2D eigenvalue weighted by atomic mass is 10.1. The molecule has 0 atom stereocenters. The Morgan fingerprint density at radius 3 is 2.57 bits per heavy atom. The molecular weight excluding hydrogens is 334 g/mol. The van der Waals surface area contributed by atoms with Gasteiger partial charge in [0.05, 0.1) is 23.9 Å². The lowest BCUT2D eigenvalue weighted by molar-refractivity contribution is 0.181. The van der Waals surface area contributed by atoms with Crippen molar-refractivity contribution in [2.75, 3.05) is 26.6 Å². The van der Waals surface area contributed by atoms with Crippen molar-refractivity contribution < 1.29 is 9.47 Å². The number of hydrogen-bond acceptors (Lipinski definition) is 5. The number of hydrogen-bond donors (Lipinski definition) is 1. The quantitative estimate of drug-likeness (QED) is 0.894. The second kappa shape index (κ2) is 6.87. The first kappa shape index (κ1) is 15.7. The van der Waals surface area contributed by atoms with Gasteiger partial charge in [-0.25, -0.2) is 9.97 Å². The van der Waals surface area contributed by atoms with E-state index >= 15 is 0 Å². The maximum absolute atomic E-state index is 5.28. The number of nitrogens with zero attached hydrogens (tertiary/aromatic N) is 2. The van der Waals surface area contributed by atoms with Crippen molar-refractivity contribution in [1.29, 1.82) is 0 Å². The van der Waals surface area contributed by atoms with Crippen molar-refractivity contribution >= 4 is 21.7 Å². The number of nitrogens with one attached hydrogen (secondary N) is 1. The highest BCUT2D eigenvalue weighted by atomic mass is 79.9. The Bertz CT molecular complexity index is 647. The molecular formula is C15H18BrN3O2. The summed E-state index contributed by atoms with van der Waals surface area (Å²) in [6.45, 7) is 2.41. The predicted octanol–water partition coefficient (Wildman–Crippen LogP) is 3.41. The zero-order chi connectivity index (χ0) is 15.4. The zero-order valence-electron chi connectivity index (χ0n) is 12.5. The van der Waals surface area contributed by atoms with Crippen LogP contribution < -0.4 is 10.1 Å². The van der Waals surface area contributed by atoms with Gasteiger partial charge in [-0.05, 0) is 46.6 Å². The first-order valence-corrected chi connectivity index (χ1v) is 7.28. The number of halogens is 1. The van der Waals surface area contributed by atoms with E-state index in [1.165, 1.54) is 0 Å². The van der Waals surface area contributed by atoms with Crippen LogP contribution in [0.1, 0.15) is 11.3 Å². The molecule has 0 aliphatic heterocycles. The summed E-state index contributed by atoms with van der Waals surface area (Å²) in [4.78, 5) is 9.11. The average Bonchev–Trinajstić information content (AvgIpc) is 2.49. The van der Waals surface area contributed by atoms with Crippen molar-refractivity contribution in [2.24, 2.45) is 0 Å². The third-order valence-corrected chi connectivity index (χ3v) is 3.92. The largest absolute Gasteiger partial charge is 0.496 e. The highest BCUT2D eigenvalue weighted by Crippen LogP contribution is 2.29. The van der Waals surface area contributed by atoms with E-state index in [1.54, 1.807) is 14.2 Å². The number of anilines is 1. The van der Waals surface area contributed by atoms with E-state index in [9.17, 15) is 0 Å². The number of aromatic nitrogens is 2. The van der Waals surface area contributed by atoms with Gasteiger partial charge in [0.25, 0.3) is 0 Å². The van der Waals surface area contributed by atoms with E-state index in [2.05, 4.69) is 31.2 Å². The van der Waals surface area contributed by atoms with Gasteiger partial charge in [-0.2, -0.15) is 0 Å². The maximum atomic E-state index is 5.28. The van der Waals surface area contributed by atoms with Crippen LogP contribution in [0.2, 0.25) is 0 Å². The van der Waals surface area contributed by atoms with E-state index in [0.717, 1.165) is 32.9 Å². The molecule has 0 fully saturated rings.